The van der Waals surface area contributed by atoms with Crippen LogP contribution >= 0.6 is 0 Å². The summed E-state index contributed by atoms with van der Waals surface area (Å²) in [5.74, 6) is -3.56. The fourth-order valence-corrected chi connectivity index (χ4v) is 11.1. The van der Waals surface area contributed by atoms with Crippen LogP contribution in [-0.4, -0.2) is 113 Å². The summed E-state index contributed by atoms with van der Waals surface area (Å²) in [6.07, 6.45) is 1.77. The Morgan fingerprint density at radius 3 is 1.26 bits per heavy atom. The predicted molar refractivity (Wildman–Crippen MR) is 272 cm³/mol. The third-order valence-electron chi connectivity index (χ3n) is 11.6. The highest BCUT2D eigenvalue weighted by atomic mass is 32.2. The van der Waals surface area contributed by atoms with Gasteiger partial charge in [-0.05, 0) is 79.9 Å². The largest absolute Gasteiger partial charge is 0.369 e. The molecular weight excluding hydrogens is 929 g/mol. The number of benzene rings is 5. The minimum absolute atomic E-state index is 0.112. The molecule has 4 amide bonds. The molecule has 0 saturated carbocycles. The Kier molecular flexibility index (Phi) is 21.7. The van der Waals surface area contributed by atoms with Gasteiger partial charge in [-0.15, -0.1) is 0 Å². The number of nitrogens with two attached hydrogens (primary N) is 2. The van der Waals surface area contributed by atoms with E-state index in [1.807, 2.05) is 78.9 Å². The number of hydrogen-bond acceptors (Lipinski definition) is 10. The van der Waals surface area contributed by atoms with E-state index in [4.69, 9.17) is 11.5 Å². The first-order valence-corrected chi connectivity index (χ1v) is 26.6. The van der Waals surface area contributed by atoms with Crippen LogP contribution in [0, 0.1) is 0 Å². The highest BCUT2D eigenvalue weighted by Crippen LogP contribution is 2.17. The number of amides is 4. The van der Waals surface area contributed by atoms with E-state index >= 15 is 0 Å². The van der Waals surface area contributed by atoms with Crippen molar-refractivity contribution in [1.29, 1.82) is 0 Å². The highest BCUT2D eigenvalue weighted by Gasteiger charge is 2.33. The molecule has 374 valence electrons. The van der Waals surface area contributed by atoms with Gasteiger partial charge in [0.2, 0.25) is 43.7 Å². The van der Waals surface area contributed by atoms with Gasteiger partial charge in [-0.3, -0.25) is 19.2 Å². The van der Waals surface area contributed by atoms with Gasteiger partial charge >= 0.3 is 0 Å². The molecule has 0 aromatic heterocycles. The van der Waals surface area contributed by atoms with Crippen molar-refractivity contribution in [3.05, 3.63) is 179 Å². The summed E-state index contributed by atoms with van der Waals surface area (Å²) < 4.78 is 58.8. The lowest BCUT2D eigenvalue weighted by Crippen LogP contribution is -2.56. The summed E-state index contributed by atoms with van der Waals surface area (Å²) in [5.41, 5.74) is 14.9. The zero-order chi connectivity index (χ0) is 50.4. The van der Waals surface area contributed by atoms with Crippen molar-refractivity contribution >= 4 is 43.7 Å². The normalized spacial score (nSPS) is 13.5. The molecule has 16 nitrogen and oxygen atoms in total. The standard InChI is InChI=1S/C52H66N8O8S2/c1-55-48(33-42-23-11-4-12-24-42)52(64)57-46(32-41-21-9-3-10-22-41)35-60(70(67,68)39-44-27-15-6-16-28-44)37-50(62)58-47(29-17-18-30-53)51(63)56-45(31-40-19-7-2-8-20-40)34-59(36-49(54)61)69(65,66)38-43-25-13-5-14-26-43/h2-16,19-28,45-48,55H,17-18,29-39,53H2,1H3,(H2,54,61)(H,56,63)(H,57,64)(H,58,62)/t45-,46?,47-,48-/m0/s1. The first-order valence-electron chi connectivity index (χ1n) is 23.3. The number of likely N-dealkylation sites (N-methyl/N-ethyl adjacent to an activating group) is 1. The van der Waals surface area contributed by atoms with Crippen LogP contribution in [-0.2, 0) is 70.0 Å². The van der Waals surface area contributed by atoms with E-state index in [1.165, 1.54) is 0 Å². The van der Waals surface area contributed by atoms with Crippen LogP contribution in [0.2, 0.25) is 0 Å². The van der Waals surface area contributed by atoms with Gasteiger partial charge in [0.15, 0.2) is 0 Å². The highest BCUT2D eigenvalue weighted by molar-refractivity contribution is 7.88. The molecule has 0 radical (unpaired) electrons. The number of rotatable bonds is 30. The number of unbranched alkanes of at least 4 members (excludes halogenated alkanes) is 1. The number of nitrogens with zero attached hydrogens (tertiary/aromatic N) is 2. The summed E-state index contributed by atoms with van der Waals surface area (Å²) in [6, 6.07) is 41.2. The van der Waals surface area contributed by atoms with Gasteiger partial charge < -0.3 is 32.7 Å². The fourth-order valence-electron chi connectivity index (χ4n) is 8.03. The zero-order valence-electron chi connectivity index (χ0n) is 39.6. The number of primary amides is 1. The van der Waals surface area contributed by atoms with Crippen LogP contribution in [0.5, 0.6) is 0 Å². The molecule has 5 aromatic rings. The van der Waals surface area contributed by atoms with Crippen molar-refractivity contribution in [2.75, 3.05) is 39.8 Å². The first-order chi connectivity index (χ1) is 33.6. The molecule has 18 heteroatoms. The van der Waals surface area contributed by atoms with E-state index in [2.05, 4.69) is 21.3 Å². The van der Waals surface area contributed by atoms with Crippen molar-refractivity contribution in [1.82, 2.24) is 29.9 Å². The van der Waals surface area contributed by atoms with Crippen LogP contribution < -0.4 is 32.7 Å². The number of nitrogens with one attached hydrogen (secondary N) is 4. The molecule has 4 atom stereocenters. The molecule has 8 N–H and O–H groups in total. The Bertz CT molecular complexity index is 2620. The number of sulfonamides is 2. The van der Waals surface area contributed by atoms with Gasteiger partial charge in [-0.1, -0.05) is 152 Å². The van der Waals surface area contributed by atoms with Gasteiger partial charge in [-0.25, -0.2) is 16.8 Å². The second kappa shape index (κ2) is 27.8. The van der Waals surface area contributed by atoms with Crippen LogP contribution in [0.4, 0.5) is 0 Å². The van der Waals surface area contributed by atoms with Crippen molar-refractivity contribution in [3.63, 3.8) is 0 Å². The second-order valence-corrected chi connectivity index (χ2v) is 21.2. The van der Waals surface area contributed by atoms with Gasteiger partial charge in [0.25, 0.3) is 0 Å². The lowest BCUT2D eigenvalue weighted by Gasteiger charge is -2.30. The Morgan fingerprint density at radius 2 is 0.871 bits per heavy atom. The van der Waals surface area contributed by atoms with E-state index in [-0.39, 0.29) is 38.3 Å². The van der Waals surface area contributed by atoms with E-state index in [1.54, 1.807) is 79.8 Å². The molecule has 0 fully saturated rings. The van der Waals surface area contributed by atoms with E-state index in [0.29, 0.717) is 36.9 Å². The summed E-state index contributed by atoms with van der Waals surface area (Å²) in [6.45, 7) is -1.66. The van der Waals surface area contributed by atoms with Crippen LogP contribution in [0.1, 0.15) is 47.1 Å². The number of hydrogen-bond donors (Lipinski definition) is 6. The quantitative estimate of drug-likeness (QED) is 0.0368. The topological polar surface area (TPSA) is 243 Å². The molecule has 0 aliphatic rings. The summed E-state index contributed by atoms with van der Waals surface area (Å²) in [5, 5.41) is 11.9. The molecule has 0 aliphatic carbocycles. The smallest absolute Gasteiger partial charge is 0.242 e. The molecule has 5 rings (SSSR count). The van der Waals surface area contributed by atoms with E-state index in [9.17, 15) is 36.0 Å². The fraction of sp³-hybridized carbons (Fsp3) is 0.346. The van der Waals surface area contributed by atoms with Gasteiger partial charge in [0, 0.05) is 25.2 Å². The Balaban J connectivity index is 1.43. The Hall–Kier alpha value is -6.28. The summed E-state index contributed by atoms with van der Waals surface area (Å²) >= 11 is 0. The third kappa shape index (κ3) is 18.6. The first kappa shape index (κ1) is 54.7. The molecule has 70 heavy (non-hydrogen) atoms. The summed E-state index contributed by atoms with van der Waals surface area (Å²) in [4.78, 5) is 55.1. The summed E-state index contributed by atoms with van der Waals surface area (Å²) in [7, 11) is -6.75. The third-order valence-corrected chi connectivity index (χ3v) is 15.1. The number of carbonyl (C=O) groups excluding carboxylic acids is 4. The molecule has 5 aromatic carbocycles. The van der Waals surface area contributed by atoms with E-state index in [0.717, 1.165) is 25.3 Å². The van der Waals surface area contributed by atoms with Crippen molar-refractivity contribution in [2.24, 2.45) is 11.5 Å². The number of carbonyl (C=O) groups is 4. The average Bonchev–Trinajstić information content (AvgIpc) is 3.33. The minimum atomic E-state index is -4.27. The molecule has 0 spiro atoms. The maximum atomic E-state index is 14.5. The van der Waals surface area contributed by atoms with Crippen LogP contribution in [0.3, 0.4) is 0 Å². The molecule has 1 unspecified atom stereocenters. The Labute approximate surface area is 412 Å². The molecular formula is C52H66N8O8S2. The SMILES string of the molecule is CN[C@@H](Cc1ccccc1)C(=O)NC(Cc1ccccc1)CN(CC(=O)N[C@@H](CCCCN)C(=O)N[C@@H](Cc1ccccc1)CN(CC(N)=O)S(=O)(=O)Cc1ccccc1)S(=O)(=O)Cc1ccccc1. The zero-order valence-corrected chi connectivity index (χ0v) is 41.2. The molecule has 0 heterocycles. The van der Waals surface area contributed by atoms with Crippen LogP contribution in [0.15, 0.2) is 152 Å². The monoisotopic (exact) mass is 994 g/mol. The van der Waals surface area contributed by atoms with Gasteiger partial charge in [0.05, 0.1) is 30.6 Å². The maximum absolute atomic E-state index is 14.5. The van der Waals surface area contributed by atoms with Crippen LogP contribution in [0.25, 0.3) is 0 Å². The van der Waals surface area contributed by atoms with Gasteiger partial charge in [-0.2, -0.15) is 8.61 Å². The molecule has 0 bridgehead atoms. The van der Waals surface area contributed by atoms with Crippen molar-refractivity contribution in [2.45, 2.75) is 74.2 Å². The average molecular weight is 995 g/mol. The lowest BCUT2D eigenvalue weighted by atomic mass is 10.0. The lowest BCUT2D eigenvalue weighted by molar-refractivity contribution is -0.129. The van der Waals surface area contributed by atoms with Gasteiger partial charge in [0.1, 0.15) is 6.04 Å². The second-order valence-electron chi connectivity index (χ2n) is 17.3. The molecule has 0 aliphatic heterocycles. The molecule has 0 saturated heterocycles. The predicted octanol–water partition coefficient (Wildman–Crippen LogP) is 3.04. The Morgan fingerprint density at radius 1 is 0.500 bits per heavy atom. The van der Waals surface area contributed by atoms with E-state index < -0.39 is 86.5 Å². The maximum Gasteiger partial charge on any atom is 0.242 e. The van der Waals surface area contributed by atoms with Crippen molar-refractivity contribution < 1.29 is 36.0 Å². The van der Waals surface area contributed by atoms with Crippen molar-refractivity contribution in [3.8, 4) is 0 Å². The minimum Gasteiger partial charge on any atom is -0.369 e.